The summed E-state index contributed by atoms with van der Waals surface area (Å²) in [7, 11) is 4.32. The van der Waals surface area contributed by atoms with Crippen LogP contribution in [0.1, 0.15) is 47.7 Å². The summed E-state index contributed by atoms with van der Waals surface area (Å²) in [6.45, 7) is 1.94. The van der Waals surface area contributed by atoms with Crippen molar-refractivity contribution < 1.29 is 23.8 Å². The van der Waals surface area contributed by atoms with E-state index in [1.54, 1.807) is 18.2 Å². The number of azide groups is 1. The lowest BCUT2D eigenvalue weighted by molar-refractivity contribution is -0.107. The van der Waals surface area contributed by atoms with Gasteiger partial charge in [0.05, 0.1) is 21.3 Å². The predicted octanol–water partition coefficient (Wildman–Crippen LogP) is 4.94. The van der Waals surface area contributed by atoms with Crippen LogP contribution in [0.2, 0.25) is 0 Å². The van der Waals surface area contributed by atoms with Gasteiger partial charge >= 0.3 is 0 Å². The van der Waals surface area contributed by atoms with E-state index in [-0.39, 0.29) is 22.8 Å². The normalized spacial score (nSPS) is 16.7. The number of fused-ring (bicyclic) bond motifs is 1. The molecule has 1 aromatic carbocycles. The molecule has 0 saturated heterocycles. The second-order valence-corrected chi connectivity index (χ2v) is 6.51. The summed E-state index contributed by atoms with van der Waals surface area (Å²) in [6.07, 6.45) is 9.49. The Labute approximate surface area is 175 Å². The predicted molar refractivity (Wildman–Crippen MR) is 113 cm³/mol. The summed E-state index contributed by atoms with van der Waals surface area (Å²) < 4.78 is 16.1. The lowest BCUT2D eigenvalue weighted by atomic mass is 9.83. The minimum atomic E-state index is -0.793. The third-order valence-electron chi connectivity index (χ3n) is 4.97. The van der Waals surface area contributed by atoms with Crippen molar-refractivity contribution in [1.29, 1.82) is 0 Å². The highest BCUT2D eigenvalue weighted by molar-refractivity contribution is 6.03. The third kappa shape index (κ3) is 4.72. The molecule has 0 radical (unpaired) electrons. The number of carbonyl (C=O) groups excluding carboxylic acids is 2. The fraction of sp³-hybridized carbons (Fsp3) is 0.364. The molecule has 8 nitrogen and oxygen atoms in total. The number of rotatable bonds is 6. The number of ether oxygens (including phenoxy) is 3. The van der Waals surface area contributed by atoms with Gasteiger partial charge in [0.25, 0.3) is 5.91 Å². The fourth-order valence-electron chi connectivity index (χ4n) is 3.57. The molecule has 1 aliphatic carbocycles. The second kappa shape index (κ2) is 10.9. The minimum Gasteiger partial charge on any atom is -0.496 e. The standard InChI is InChI=1S/C22H25N3O5/c1-5-14-8-6-7-9-15-12-18(29-3)20(22(27)24-25-23)21(30-4)19(15)17(14)11-10-16(13-26)28-2/h5,10-13H,6-9H2,1-4H3/b14-5-,16-10+,17-11+. The molecular formula is C22H25N3O5. The molecular weight excluding hydrogens is 386 g/mol. The number of amides is 1. The Kier molecular flexibility index (Phi) is 8.26. The van der Waals surface area contributed by atoms with Crippen LogP contribution >= 0.6 is 0 Å². The zero-order chi connectivity index (χ0) is 22.1. The van der Waals surface area contributed by atoms with Gasteiger partial charge in [-0.25, -0.2) is 0 Å². The van der Waals surface area contributed by atoms with Crippen molar-refractivity contribution >= 4 is 17.8 Å². The largest absolute Gasteiger partial charge is 0.496 e. The van der Waals surface area contributed by atoms with Crippen LogP contribution in [-0.2, 0) is 16.0 Å². The Balaban J connectivity index is 2.95. The second-order valence-electron chi connectivity index (χ2n) is 6.51. The van der Waals surface area contributed by atoms with E-state index in [2.05, 4.69) is 10.0 Å². The molecule has 8 heteroatoms. The quantitative estimate of drug-likeness (QED) is 0.164. The third-order valence-corrected chi connectivity index (χ3v) is 4.97. The summed E-state index contributed by atoms with van der Waals surface area (Å²) in [5, 5.41) is 3.24. The number of aldehydes is 1. The zero-order valence-corrected chi connectivity index (χ0v) is 17.6. The van der Waals surface area contributed by atoms with Crippen LogP contribution in [0.25, 0.3) is 16.0 Å². The van der Waals surface area contributed by atoms with Crippen LogP contribution in [0.5, 0.6) is 11.5 Å². The van der Waals surface area contributed by atoms with Crippen LogP contribution in [0.3, 0.4) is 0 Å². The van der Waals surface area contributed by atoms with Crippen LogP contribution in [-0.4, -0.2) is 33.5 Å². The Morgan fingerprint density at radius 1 is 1.20 bits per heavy atom. The van der Waals surface area contributed by atoms with E-state index in [1.165, 1.54) is 21.3 Å². The molecule has 0 spiro atoms. The summed E-state index contributed by atoms with van der Waals surface area (Å²) in [5.74, 6) is -0.0726. The average molecular weight is 411 g/mol. The Hall–Kier alpha value is -3.51. The maximum atomic E-state index is 12.6. The van der Waals surface area contributed by atoms with Gasteiger partial charge in [0.15, 0.2) is 12.0 Å². The molecule has 0 unspecified atom stereocenters. The zero-order valence-electron chi connectivity index (χ0n) is 17.6. The van der Waals surface area contributed by atoms with Crippen molar-refractivity contribution in [3.05, 3.63) is 62.8 Å². The van der Waals surface area contributed by atoms with Crippen LogP contribution < -0.4 is 9.47 Å². The topological polar surface area (TPSA) is 111 Å². The molecule has 0 saturated carbocycles. The molecule has 2 rings (SSSR count). The first-order valence-corrected chi connectivity index (χ1v) is 9.50. The summed E-state index contributed by atoms with van der Waals surface area (Å²) >= 11 is 0. The van der Waals surface area contributed by atoms with Crippen molar-refractivity contribution in [1.82, 2.24) is 0 Å². The smallest absolute Gasteiger partial charge is 0.256 e. The summed E-state index contributed by atoms with van der Waals surface area (Å²) in [4.78, 5) is 26.4. The van der Waals surface area contributed by atoms with E-state index >= 15 is 0 Å². The van der Waals surface area contributed by atoms with Crippen molar-refractivity contribution in [3.63, 3.8) is 0 Å². The van der Waals surface area contributed by atoms with Gasteiger partial charge in [0, 0.05) is 10.5 Å². The molecule has 0 N–H and O–H groups in total. The number of nitrogens with zero attached hydrogens (tertiary/aromatic N) is 3. The van der Waals surface area contributed by atoms with Gasteiger partial charge in [-0.05, 0) is 72.1 Å². The van der Waals surface area contributed by atoms with Crippen molar-refractivity contribution in [2.45, 2.75) is 32.6 Å². The fourth-order valence-corrected chi connectivity index (χ4v) is 3.57. The van der Waals surface area contributed by atoms with Gasteiger partial charge in [-0.2, -0.15) is 0 Å². The molecule has 158 valence electrons. The SMILES string of the molecule is C/C=C1/CCCCc2cc(OC)c(C(=O)N=[N+]=[N-])c(OC)c2/C1=C/C=C(\C=O)OC. The lowest BCUT2D eigenvalue weighted by Crippen LogP contribution is -2.10. The number of allylic oxidation sites excluding steroid dienone is 6. The minimum absolute atomic E-state index is 0.0600. The number of aryl methyl sites for hydroxylation is 1. The molecule has 1 aliphatic rings. The molecule has 0 bridgehead atoms. The van der Waals surface area contributed by atoms with Gasteiger partial charge < -0.3 is 14.2 Å². The molecule has 0 fully saturated rings. The van der Waals surface area contributed by atoms with E-state index in [0.717, 1.165) is 42.4 Å². The summed E-state index contributed by atoms with van der Waals surface area (Å²) in [6, 6.07) is 1.78. The molecule has 1 aromatic rings. The monoisotopic (exact) mass is 411 g/mol. The lowest BCUT2D eigenvalue weighted by Gasteiger charge is -2.24. The van der Waals surface area contributed by atoms with Crippen LogP contribution in [0, 0.1) is 0 Å². The molecule has 1 amide bonds. The molecule has 0 heterocycles. The van der Waals surface area contributed by atoms with E-state index in [1.807, 2.05) is 13.0 Å². The summed E-state index contributed by atoms with van der Waals surface area (Å²) in [5.41, 5.74) is 12.3. The first-order chi connectivity index (χ1) is 14.6. The van der Waals surface area contributed by atoms with Gasteiger partial charge in [-0.15, -0.1) is 0 Å². The first-order valence-electron chi connectivity index (χ1n) is 9.50. The Morgan fingerprint density at radius 3 is 2.50 bits per heavy atom. The van der Waals surface area contributed by atoms with Gasteiger partial charge in [-0.1, -0.05) is 12.2 Å². The highest BCUT2D eigenvalue weighted by Crippen LogP contribution is 2.44. The first kappa shape index (κ1) is 22.8. The van der Waals surface area contributed by atoms with Gasteiger partial charge in [-0.3, -0.25) is 9.59 Å². The van der Waals surface area contributed by atoms with Gasteiger partial charge in [0.2, 0.25) is 0 Å². The highest BCUT2D eigenvalue weighted by atomic mass is 16.5. The van der Waals surface area contributed by atoms with Crippen molar-refractivity contribution in [2.75, 3.05) is 21.3 Å². The van der Waals surface area contributed by atoms with E-state index < -0.39 is 5.91 Å². The number of methoxy groups -OCH3 is 3. The molecule has 0 aromatic heterocycles. The van der Waals surface area contributed by atoms with Crippen molar-refractivity contribution in [3.8, 4) is 11.5 Å². The number of carbonyl (C=O) groups is 2. The number of hydrogen-bond acceptors (Lipinski definition) is 5. The van der Waals surface area contributed by atoms with E-state index in [0.29, 0.717) is 11.8 Å². The number of benzene rings is 1. The van der Waals surface area contributed by atoms with E-state index in [4.69, 9.17) is 19.7 Å². The maximum Gasteiger partial charge on any atom is 0.256 e. The molecule has 30 heavy (non-hydrogen) atoms. The van der Waals surface area contributed by atoms with E-state index in [9.17, 15) is 9.59 Å². The van der Waals surface area contributed by atoms with Gasteiger partial charge in [0.1, 0.15) is 17.1 Å². The molecule has 0 atom stereocenters. The Bertz CT molecular complexity index is 969. The molecule has 0 aliphatic heterocycles. The highest BCUT2D eigenvalue weighted by Gasteiger charge is 2.27. The Morgan fingerprint density at radius 2 is 1.93 bits per heavy atom. The van der Waals surface area contributed by atoms with Crippen LogP contribution in [0.4, 0.5) is 0 Å². The number of hydrogen-bond donors (Lipinski definition) is 0. The van der Waals surface area contributed by atoms with Crippen molar-refractivity contribution in [2.24, 2.45) is 5.11 Å². The average Bonchev–Trinajstić information content (AvgIpc) is 2.75. The maximum absolute atomic E-state index is 12.6. The van der Waals surface area contributed by atoms with Crippen LogP contribution in [0.15, 0.2) is 40.7 Å².